The van der Waals surface area contributed by atoms with Crippen molar-refractivity contribution in [1.82, 2.24) is 0 Å². The van der Waals surface area contributed by atoms with Crippen LogP contribution in [0, 0.1) is 11.8 Å². The number of carbonyl (C=O) groups excluding carboxylic acids is 1. The number of allylic oxidation sites excluding steroid dienone is 8. The summed E-state index contributed by atoms with van der Waals surface area (Å²) in [4.78, 5) is 18.3. The van der Waals surface area contributed by atoms with E-state index >= 15 is 0 Å². The number of carbonyl (C=O) groups is 1. The third kappa shape index (κ3) is 7.10. The van der Waals surface area contributed by atoms with Crippen molar-refractivity contribution in [2.45, 2.75) is 92.9 Å². The number of thioether (sulfide) groups is 1. The molecule has 2 heterocycles. The van der Waals surface area contributed by atoms with Crippen molar-refractivity contribution in [3.63, 3.8) is 0 Å². The summed E-state index contributed by atoms with van der Waals surface area (Å²) in [6, 6.07) is 4.31. The van der Waals surface area contributed by atoms with E-state index in [9.17, 15) is 9.90 Å². The van der Waals surface area contributed by atoms with Crippen LogP contribution in [0.5, 0.6) is 0 Å². The molecule has 0 unspecified atom stereocenters. The molecule has 0 amide bonds. The predicted molar refractivity (Wildman–Crippen MR) is 160 cm³/mol. The van der Waals surface area contributed by atoms with Gasteiger partial charge < -0.3 is 5.11 Å². The van der Waals surface area contributed by atoms with Crippen LogP contribution in [-0.4, -0.2) is 10.9 Å². The SMILES string of the molecule is CC(C)CC1=CC(=CC2=C(O)C(=Cc3cc(C(C)(C)C)[s+]c(C(C)(C)C)c3)C2=O)C=C(CC(C)C)S1. The minimum atomic E-state index is -0.0852. The smallest absolute Gasteiger partial charge is 0.219 e. The molecule has 0 bridgehead atoms. The quantitative estimate of drug-likeness (QED) is 0.298. The van der Waals surface area contributed by atoms with Crippen molar-refractivity contribution in [1.29, 1.82) is 0 Å². The fourth-order valence-corrected chi connectivity index (χ4v) is 6.92. The van der Waals surface area contributed by atoms with Crippen molar-refractivity contribution in [2.24, 2.45) is 11.8 Å². The van der Waals surface area contributed by atoms with Gasteiger partial charge in [0.2, 0.25) is 26.9 Å². The minimum Gasteiger partial charge on any atom is -0.506 e. The van der Waals surface area contributed by atoms with E-state index in [0.717, 1.165) is 24.0 Å². The number of aliphatic hydroxyl groups excluding tert-OH is 1. The average molecular weight is 524 g/mol. The monoisotopic (exact) mass is 523 g/mol. The summed E-state index contributed by atoms with van der Waals surface area (Å²) in [6.07, 6.45) is 10.1. The summed E-state index contributed by atoms with van der Waals surface area (Å²) in [5.74, 6) is 1.15. The van der Waals surface area contributed by atoms with Crippen molar-refractivity contribution in [2.75, 3.05) is 0 Å². The molecule has 0 radical (unpaired) electrons. The first kappa shape index (κ1) is 28.7. The van der Waals surface area contributed by atoms with E-state index in [2.05, 4.69) is 93.5 Å². The largest absolute Gasteiger partial charge is 0.506 e. The van der Waals surface area contributed by atoms with Crippen LogP contribution >= 0.6 is 23.1 Å². The Morgan fingerprint density at radius 3 is 1.72 bits per heavy atom. The lowest BCUT2D eigenvalue weighted by atomic mass is 9.84. The molecule has 0 saturated carbocycles. The van der Waals surface area contributed by atoms with Crippen LogP contribution in [0.1, 0.15) is 97.4 Å². The van der Waals surface area contributed by atoms with Gasteiger partial charge in [-0.1, -0.05) is 81.0 Å². The summed E-state index contributed by atoms with van der Waals surface area (Å²) >= 11 is 3.69. The Morgan fingerprint density at radius 1 is 0.861 bits per heavy atom. The van der Waals surface area contributed by atoms with Crippen LogP contribution in [0.25, 0.3) is 6.08 Å². The van der Waals surface area contributed by atoms with Crippen LogP contribution in [0.2, 0.25) is 0 Å². The molecular formula is C32H43O2S2+. The number of rotatable bonds is 6. The maximum atomic E-state index is 13.2. The highest BCUT2D eigenvalue weighted by Crippen LogP contribution is 2.41. The molecule has 3 rings (SSSR count). The van der Waals surface area contributed by atoms with E-state index in [0.29, 0.717) is 23.0 Å². The second-order valence-corrected chi connectivity index (χ2v) is 15.3. The molecule has 2 nitrogen and oxygen atoms in total. The van der Waals surface area contributed by atoms with Gasteiger partial charge >= 0.3 is 0 Å². The molecule has 0 saturated heterocycles. The molecule has 36 heavy (non-hydrogen) atoms. The Morgan fingerprint density at radius 2 is 1.33 bits per heavy atom. The molecule has 1 aliphatic carbocycles. The van der Waals surface area contributed by atoms with Gasteiger partial charge in [0, 0.05) is 23.0 Å². The molecule has 194 valence electrons. The zero-order valence-electron chi connectivity index (χ0n) is 23.7. The number of hydrogen-bond acceptors (Lipinski definition) is 3. The fraction of sp³-hybridized carbons (Fsp3) is 0.500. The number of aliphatic hydroxyl groups is 1. The first-order chi connectivity index (χ1) is 16.5. The Kier molecular flexibility index (Phi) is 8.62. The molecule has 4 heteroatoms. The van der Waals surface area contributed by atoms with E-state index in [1.807, 2.05) is 35.3 Å². The maximum Gasteiger partial charge on any atom is 0.219 e. The molecule has 2 aliphatic rings. The van der Waals surface area contributed by atoms with Crippen molar-refractivity contribution < 1.29 is 9.90 Å². The number of ketones is 1. The van der Waals surface area contributed by atoms with E-state index in [4.69, 9.17) is 0 Å². The fourth-order valence-electron chi connectivity index (χ4n) is 4.12. The third-order valence-corrected chi connectivity index (χ3v) is 9.05. The van der Waals surface area contributed by atoms with E-state index < -0.39 is 0 Å². The summed E-state index contributed by atoms with van der Waals surface area (Å²) in [7, 11) is 0. The van der Waals surface area contributed by atoms with Crippen LogP contribution in [0.3, 0.4) is 0 Å². The Balaban J connectivity index is 2.00. The van der Waals surface area contributed by atoms with Gasteiger partial charge in [0.15, 0.2) is 0 Å². The zero-order chi connectivity index (χ0) is 27.0. The lowest BCUT2D eigenvalue weighted by Gasteiger charge is -2.22. The van der Waals surface area contributed by atoms with Crippen molar-refractivity contribution in [3.05, 3.63) is 78.0 Å². The van der Waals surface area contributed by atoms with Gasteiger partial charge in [-0.2, -0.15) is 0 Å². The summed E-state index contributed by atoms with van der Waals surface area (Å²) in [5, 5.41) is 10.9. The number of Topliss-reactive ketones (excluding diaryl/α,β-unsaturated/α-hetero) is 1. The molecule has 0 atom stereocenters. The Bertz CT molecular complexity index is 1130. The summed E-state index contributed by atoms with van der Waals surface area (Å²) < 4.78 is 0. The van der Waals surface area contributed by atoms with Gasteiger partial charge in [-0.05, 0) is 69.9 Å². The molecular weight excluding hydrogens is 480 g/mol. The van der Waals surface area contributed by atoms with Gasteiger partial charge in [0.1, 0.15) is 5.76 Å². The topological polar surface area (TPSA) is 37.3 Å². The van der Waals surface area contributed by atoms with Gasteiger partial charge in [0.05, 0.1) is 11.1 Å². The summed E-state index contributed by atoms with van der Waals surface area (Å²) in [5.41, 5.74) is 2.80. The van der Waals surface area contributed by atoms with Gasteiger partial charge in [-0.3, -0.25) is 4.79 Å². The molecule has 1 aromatic heterocycles. The van der Waals surface area contributed by atoms with Crippen LogP contribution in [-0.2, 0) is 15.6 Å². The van der Waals surface area contributed by atoms with Crippen molar-refractivity contribution >= 4 is 35.0 Å². The molecule has 1 aromatic rings. The standard InChI is InChI=1S/C32H42O2S2/c1-19(2)11-23-13-21(14-24(35-23)12-20(3)4)15-25-29(33)26(30(25)34)16-22-17-27(31(5,6)7)36-28(18-22)32(8,9)10/h13-20H,11-12H2,1-10H3/p+1. The van der Waals surface area contributed by atoms with Crippen LogP contribution in [0.4, 0.5) is 0 Å². The van der Waals surface area contributed by atoms with Gasteiger partial charge in [-0.15, -0.1) is 0 Å². The zero-order valence-corrected chi connectivity index (χ0v) is 25.3. The van der Waals surface area contributed by atoms with Crippen molar-refractivity contribution in [3.8, 4) is 0 Å². The van der Waals surface area contributed by atoms with Gasteiger partial charge in [-0.25, -0.2) is 0 Å². The minimum absolute atomic E-state index is 0.00924. The van der Waals surface area contributed by atoms with E-state index in [1.54, 1.807) is 0 Å². The molecule has 1 N–H and O–H groups in total. The predicted octanol–water partition coefficient (Wildman–Crippen LogP) is 9.94. The first-order valence-electron chi connectivity index (χ1n) is 13.0. The molecule has 0 spiro atoms. The average Bonchev–Trinajstić information content (AvgIpc) is 2.73. The molecule has 0 aromatic carbocycles. The Hall–Kier alpha value is -1.91. The van der Waals surface area contributed by atoms with Gasteiger partial charge in [0.25, 0.3) is 0 Å². The normalized spacial score (nSPS) is 18.2. The van der Waals surface area contributed by atoms with E-state index in [1.165, 1.54) is 19.6 Å². The lowest BCUT2D eigenvalue weighted by molar-refractivity contribution is -0.113. The second-order valence-electron chi connectivity index (χ2n) is 12.9. The maximum absolute atomic E-state index is 13.2. The summed E-state index contributed by atoms with van der Waals surface area (Å²) in [6.45, 7) is 22.2. The second kappa shape index (κ2) is 10.8. The number of hydrogen-bond donors (Lipinski definition) is 1. The highest BCUT2D eigenvalue weighted by atomic mass is 32.2. The third-order valence-electron chi connectivity index (χ3n) is 6.05. The highest BCUT2D eigenvalue weighted by molar-refractivity contribution is 8.06. The highest BCUT2D eigenvalue weighted by Gasteiger charge is 2.35. The Labute approximate surface area is 227 Å². The molecule has 1 aliphatic heterocycles. The first-order valence-corrected chi connectivity index (χ1v) is 14.7. The van der Waals surface area contributed by atoms with Crippen LogP contribution < -0.4 is 0 Å². The van der Waals surface area contributed by atoms with Crippen LogP contribution in [0.15, 0.2) is 62.6 Å². The molecule has 0 fully saturated rings. The lowest BCUT2D eigenvalue weighted by Crippen LogP contribution is -2.21. The van der Waals surface area contributed by atoms with E-state index in [-0.39, 0.29) is 22.4 Å².